The minimum atomic E-state index is -0.946. The lowest BCUT2D eigenvalue weighted by molar-refractivity contribution is -0.144. The van der Waals surface area contributed by atoms with Gasteiger partial charge in [-0.15, -0.1) is 0 Å². The summed E-state index contributed by atoms with van der Waals surface area (Å²) in [4.78, 5) is 32.8. The summed E-state index contributed by atoms with van der Waals surface area (Å²) in [7, 11) is 0. The van der Waals surface area contributed by atoms with E-state index in [1.165, 1.54) is 0 Å². The Morgan fingerprint density at radius 1 is 1.07 bits per heavy atom. The lowest BCUT2D eigenvalue weighted by Crippen LogP contribution is -2.49. The topological polar surface area (TPSA) is 85.8 Å². The molecule has 0 radical (unpaired) electrons. The molecule has 0 unspecified atom stereocenters. The van der Waals surface area contributed by atoms with Gasteiger partial charge in [-0.2, -0.15) is 0 Å². The summed E-state index contributed by atoms with van der Waals surface area (Å²) in [6.45, 7) is 4.68. The quantitative estimate of drug-likeness (QED) is 0.636. The Morgan fingerprint density at radius 2 is 1.77 bits per heavy atom. The summed E-state index contributed by atoms with van der Waals surface area (Å²) in [5.41, 5.74) is 1.69. The number of anilines is 1. The molecule has 0 aliphatic carbocycles. The number of carbonyl (C=O) groups is 2. The monoisotopic (exact) mass is 430 g/mol. The third-order valence-corrected chi connectivity index (χ3v) is 5.51. The van der Waals surface area contributed by atoms with Crippen molar-refractivity contribution in [1.29, 1.82) is 0 Å². The molecular weight excluding hydrogens is 404 g/mol. The second-order valence-electron chi connectivity index (χ2n) is 7.51. The number of amides is 1. The number of rotatable bonds is 9. The van der Waals surface area contributed by atoms with Crippen LogP contribution in [0, 0.1) is 5.92 Å². The molecule has 0 spiro atoms. The van der Waals surface area contributed by atoms with Gasteiger partial charge in [-0.1, -0.05) is 17.7 Å². The number of benzene rings is 1. The van der Waals surface area contributed by atoms with Crippen LogP contribution in [0.1, 0.15) is 12.1 Å². The second-order valence-corrected chi connectivity index (χ2v) is 7.94. The molecule has 1 aliphatic rings. The van der Waals surface area contributed by atoms with Gasteiger partial charge in [-0.05, 0) is 36.4 Å². The highest BCUT2D eigenvalue weighted by Gasteiger charge is 2.26. The molecule has 0 saturated carbocycles. The fourth-order valence-corrected chi connectivity index (χ4v) is 3.65. The third-order valence-electron chi connectivity index (χ3n) is 5.26. The van der Waals surface area contributed by atoms with Gasteiger partial charge in [0.25, 0.3) is 0 Å². The smallest absolute Gasteiger partial charge is 0.308 e. The Bertz CT molecular complexity index is 824. The van der Waals surface area contributed by atoms with Crippen LogP contribution in [0.4, 0.5) is 5.69 Å². The average Bonchev–Trinajstić information content (AvgIpc) is 2.75. The van der Waals surface area contributed by atoms with Gasteiger partial charge >= 0.3 is 5.97 Å². The number of aliphatic carboxylic acids is 1. The SMILES string of the molecule is O=C(C[C@@H](CN1CCN(CCc2ccccn2)CC1)C(=O)O)Nc1ccc(Cl)cc1. The zero-order valence-electron chi connectivity index (χ0n) is 16.8. The van der Waals surface area contributed by atoms with Crippen molar-refractivity contribution in [3.8, 4) is 0 Å². The van der Waals surface area contributed by atoms with Crippen LogP contribution in [-0.2, 0) is 16.0 Å². The normalized spacial score (nSPS) is 16.2. The van der Waals surface area contributed by atoms with Crippen LogP contribution < -0.4 is 5.32 Å². The van der Waals surface area contributed by atoms with E-state index in [4.69, 9.17) is 11.6 Å². The zero-order chi connectivity index (χ0) is 21.3. The number of piperazine rings is 1. The molecule has 30 heavy (non-hydrogen) atoms. The van der Waals surface area contributed by atoms with E-state index in [1.807, 2.05) is 24.4 Å². The Kier molecular flexibility index (Phi) is 8.19. The molecule has 1 amide bonds. The molecule has 160 valence electrons. The largest absolute Gasteiger partial charge is 0.481 e. The Balaban J connectivity index is 1.42. The van der Waals surface area contributed by atoms with E-state index >= 15 is 0 Å². The maximum Gasteiger partial charge on any atom is 0.308 e. The first-order valence-corrected chi connectivity index (χ1v) is 10.5. The maximum atomic E-state index is 12.3. The summed E-state index contributed by atoms with van der Waals surface area (Å²) >= 11 is 5.84. The Labute approximate surface area is 181 Å². The second kappa shape index (κ2) is 11.1. The van der Waals surface area contributed by atoms with E-state index in [-0.39, 0.29) is 12.3 Å². The van der Waals surface area contributed by atoms with Gasteiger partial charge in [0.2, 0.25) is 5.91 Å². The summed E-state index contributed by atoms with van der Waals surface area (Å²) in [5.74, 6) is -1.99. The van der Waals surface area contributed by atoms with Crippen molar-refractivity contribution >= 4 is 29.2 Å². The number of carboxylic acids is 1. The fraction of sp³-hybridized carbons (Fsp3) is 0.409. The molecule has 2 N–H and O–H groups in total. The molecular formula is C22H27ClN4O3. The van der Waals surface area contributed by atoms with Crippen LogP contribution >= 0.6 is 11.6 Å². The van der Waals surface area contributed by atoms with Gasteiger partial charge in [0, 0.05) is 74.7 Å². The summed E-state index contributed by atoms with van der Waals surface area (Å²) in [6.07, 6.45) is 2.66. The molecule has 2 heterocycles. The van der Waals surface area contributed by atoms with Crippen molar-refractivity contribution in [1.82, 2.24) is 14.8 Å². The molecule has 1 aliphatic heterocycles. The number of nitrogens with zero attached hydrogens (tertiary/aromatic N) is 3. The van der Waals surface area contributed by atoms with Crippen LogP contribution in [-0.4, -0.2) is 71.0 Å². The number of aromatic nitrogens is 1. The van der Waals surface area contributed by atoms with Crippen molar-refractivity contribution in [2.24, 2.45) is 5.92 Å². The van der Waals surface area contributed by atoms with Crippen molar-refractivity contribution in [2.45, 2.75) is 12.8 Å². The van der Waals surface area contributed by atoms with E-state index in [9.17, 15) is 14.7 Å². The van der Waals surface area contributed by atoms with E-state index in [1.54, 1.807) is 24.3 Å². The van der Waals surface area contributed by atoms with Crippen LogP contribution in [0.25, 0.3) is 0 Å². The number of hydrogen-bond donors (Lipinski definition) is 2. The number of pyridine rings is 1. The summed E-state index contributed by atoms with van der Waals surface area (Å²) in [5, 5.41) is 12.9. The maximum absolute atomic E-state index is 12.3. The zero-order valence-corrected chi connectivity index (χ0v) is 17.6. The highest BCUT2D eigenvalue weighted by Crippen LogP contribution is 2.16. The predicted octanol–water partition coefficient (Wildman–Crippen LogP) is 2.62. The van der Waals surface area contributed by atoms with E-state index < -0.39 is 11.9 Å². The molecule has 0 bridgehead atoms. The van der Waals surface area contributed by atoms with Crippen molar-refractivity contribution in [3.63, 3.8) is 0 Å². The molecule has 3 rings (SSSR count). The van der Waals surface area contributed by atoms with E-state index in [0.29, 0.717) is 17.3 Å². The lowest BCUT2D eigenvalue weighted by Gasteiger charge is -2.35. The first-order valence-electron chi connectivity index (χ1n) is 10.1. The molecule has 1 aromatic carbocycles. The van der Waals surface area contributed by atoms with Gasteiger partial charge in [0.15, 0.2) is 0 Å². The third kappa shape index (κ3) is 7.09. The van der Waals surface area contributed by atoms with Crippen LogP contribution in [0.2, 0.25) is 5.02 Å². The van der Waals surface area contributed by atoms with Gasteiger partial charge in [0.05, 0.1) is 5.92 Å². The lowest BCUT2D eigenvalue weighted by atomic mass is 10.0. The first-order chi connectivity index (χ1) is 14.5. The fourth-order valence-electron chi connectivity index (χ4n) is 3.52. The van der Waals surface area contributed by atoms with Crippen molar-refractivity contribution in [3.05, 3.63) is 59.4 Å². The van der Waals surface area contributed by atoms with Gasteiger partial charge in [0.1, 0.15) is 0 Å². The number of nitrogens with one attached hydrogen (secondary N) is 1. The summed E-state index contributed by atoms with van der Waals surface area (Å²) in [6, 6.07) is 12.7. The minimum Gasteiger partial charge on any atom is -0.481 e. The minimum absolute atomic E-state index is 0.0577. The number of carboxylic acid groups (broad SMARTS) is 1. The van der Waals surface area contributed by atoms with E-state index in [2.05, 4.69) is 20.1 Å². The van der Waals surface area contributed by atoms with Crippen molar-refractivity contribution in [2.75, 3.05) is 44.6 Å². The average molecular weight is 431 g/mol. The highest BCUT2D eigenvalue weighted by molar-refractivity contribution is 6.30. The molecule has 1 saturated heterocycles. The number of halogens is 1. The standard InChI is InChI=1S/C22H27ClN4O3/c23-18-4-6-20(7-5-18)25-21(28)15-17(22(29)30)16-27-13-11-26(12-14-27)10-8-19-3-1-2-9-24-19/h1-7,9,17H,8,10-16H2,(H,25,28)(H,29,30)/t17-/m0/s1. The van der Waals surface area contributed by atoms with Crippen LogP contribution in [0.5, 0.6) is 0 Å². The molecule has 1 atom stereocenters. The predicted molar refractivity (Wildman–Crippen MR) is 117 cm³/mol. The number of hydrogen-bond acceptors (Lipinski definition) is 5. The molecule has 1 aromatic heterocycles. The number of carbonyl (C=O) groups excluding carboxylic acids is 1. The highest BCUT2D eigenvalue weighted by atomic mass is 35.5. The molecule has 8 heteroatoms. The van der Waals surface area contributed by atoms with Crippen LogP contribution in [0.15, 0.2) is 48.7 Å². The van der Waals surface area contributed by atoms with Crippen LogP contribution in [0.3, 0.4) is 0 Å². The molecule has 7 nitrogen and oxygen atoms in total. The summed E-state index contributed by atoms with van der Waals surface area (Å²) < 4.78 is 0. The first kappa shape index (κ1) is 22.2. The Hall–Kier alpha value is -2.48. The molecule has 2 aromatic rings. The van der Waals surface area contributed by atoms with E-state index in [0.717, 1.165) is 44.8 Å². The van der Waals surface area contributed by atoms with Crippen molar-refractivity contribution < 1.29 is 14.7 Å². The van der Waals surface area contributed by atoms with Gasteiger partial charge < -0.3 is 15.3 Å². The van der Waals surface area contributed by atoms with Gasteiger partial charge in [-0.25, -0.2) is 0 Å². The molecule has 1 fully saturated rings. The Morgan fingerprint density at radius 3 is 2.40 bits per heavy atom. The van der Waals surface area contributed by atoms with Gasteiger partial charge in [-0.3, -0.25) is 19.5 Å².